The van der Waals surface area contributed by atoms with Gasteiger partial charge in [0.2, 0.25) is 0 Å². The predicted octanol–water partition coefficient (Wildman–Crippen LogP) is 7.14. The van der Waals surface area contributed by atoms with Crippen LogP contribution in [0.15, 0.2) is 30.3 Å². The van der Waals surface area contributed by atoms with Crippen LogP contribution in [0.1, 0.15) is 66.6 Å². The number of alkyl halides is 6. The SMILES string of the molecule is CCc1cc2c(cc1CC)N(C(=O)O)C(C)CC2NC(=O)OCCc1cc(C(F)(F)F)cc(C(F)(F)F)c1. The van der Waals surface area contributed by atoms with E-state index >= 15 is 0 Å². The maximum absolute atomic E-state index is 13.1. The summed E-state index contributed by atoms with van der Waals surface area (Å²) in [6, 6.07) is 3.78. The Bertz CT molecular complexity index is 1160. The van der Waals surface area contributed by atoms with E-state index in [9.17, 15) is 41.0 Å². The van der Waals surface area contributed by atoms with Crippen molar-refractivity contribution in [1.29, 1.82) is 0 Å². The van der Waals surface area contributed by atoms with Gasteiger partial charge in [0.25, 0.3) is 0 Å². The third-order valence-corrected chi connectivity index (χ3v) is 6.53. The Labute approximate surface area is 215 Å². The fourth-order valence-electron chi connectivity index (χ4n) is 4.69. The minimum Gasteiger partial charge on any atom is -0.465 e. The summed E-state index contributed by atoms with van der Waals surface area (Å²) in [4.78, 5) is 25.7. The van der Waals surface area contributed by atoms with Gasteiger partial charge in [-0.05, 0) is 72.7 Å². The summed E-state index contributed by atoms with van der Waals surface area (Å²) in [6.45, 7) is 5.14. The molecule has 12 heteroatoms. The van der Waals surface area contributed by atoms with Crippen molar-refractivity contribution in [2.45, 2.75) is 70.9 Å². The molecular formula is C26H28F6N2O4. The molecule has 1 aliphatic rings. The van der Waals surface area contributed by atoms with Gasteiger partial charge in [0.1, 0.15) is 0 Å². The van der Waals surface area contributed by atoms with E-state index in [0.717, 1.165) is 11.1 Å². The number of benzene rings is 2. The molecule has 2 unspecified atom stereocenters. The second-order valence-electron chi connectivity index (χ2n) is 9.12. The van der Waals surface area contributed by atoms with Crippen LogP contribution in [-0.4, -0.2) is 29.9 Å². The number of nitrogens with one attached hydrogen (secondary N) is 1. The van der Waals surface area contributed by atoms with Gasteiger partial charge in [0, 0.05) is 12.5 Å². The highest BCUT2D eigenvalue weighted by molar-refractivity contribution is 5.89. The zero-order chi connectivity index (χ0) is 28.4. The number of anilines is 1. The average molecular weight is 547 g/mol. The first kappa shape index (κ1) is 29.1. The van der Waals surface area contributed by atoms with Crippen molar-refractivity contribution in [2.24, 2.45) is 0 Å². The summed E-state index contributed by atoms with van der Waals surface area (Å²) in [5.74, 6) is 0. The second kappa shape index (κ2) is 11.1. The summed E-state index contributed by atoms with van der Waals surface area (Å²) < 4.78 is 83.5. The molecule has 2 aromatic rings. The van der Waals surface area contributed by atoms with Gasteiger partial charge in [0.15, 0.2) is 0 Å². The monoisotopic (exact) mass is 546 g/mol. The van der Waals surface area contributed by atoms with E-state index in [0.29, 0.717) is 36.2 Å². The van der Waals surface area contributed by atoms with Crippen LogP contribution in [0.25, 0.3) is 0 Å². The highest BCUT2D eigenvalue weighted by Crippen LogP contribution is 2.40. The normalized spacial score (nSPS) is 17.7. The van der Waals surface area contributed by atoms with Crippen LogP contribution in [0, 0.1) is 0 Å². The lowest BCUT2D eigenvalue weighted by molar-refractivity contribution is -0.143. The zero-order valence-corrected chi connectivity index (χ0v) is 21.0. The molecule has 0 spiro atoms. The molecule has 0 aromatic heterocycles. The van der Waals surface area contributed by atoms with Crippen LogP contribution < -0.4 is 10.2 Å². The molecule has 38 heavy (non-hydrogen) atoms. The standard InChI is InChI=1S/C26H28F6N2O4/c1-4-16-11-20-21(8-14(3)34(24(36)37)22(20)12-17(16)5-2)33-23(35)38-7-6-15-9-18(25(27,28)29)13-19(10-15)26(30,31)32/h9-14,21H,4-8H2,1-3H3,(H,33,35)(H,36,37). The summed E-state index contributed by atoms with van der Waals surface area (Å²) in [5.41, 5.74) is -0.165. The van der Waals surface area contributed by atoms with E-state index in [2.05, 4.69) is 5.32 Å². The van der Waals surface area contributed by atoms with Crippen LogP contribution in [-0.2, 0) is 36.4 Å². The van der Waals surface area contributed by atoms with Gasteiger partial charge < -0.3 is 15.2 Å². The van der Waals surface area contributed by atoms with Gasteiger partial charge in [-0.3, -0.25) is 4.90 Å². The lowest BCUT2D eigenvalue weighted by atomic mass is 9.87. The Balaban J connectivity index is 1.76. The summed E-state index contributed by atoms with van der Waals surface area (Å²) in [5, 5.41) is 12.4. The minimum atomic E-state index is -4.97. The number of nitrogens with zero attached hydrogens (tertiary/aromatic N) is 1. The third kappa shape index (κ3) is 6.51. The number of carbonyl (C=O) groups is 2. The smallest absolute Gasteiger partial charge is 0.416 e. The van der Waals surface area contributed by atoms with Crippen molar-refractivity contribution >= 4 is 17.9 Å². The van der Waals surface area contributed by atoms with Gasteiger partial charge in [-0.25, -0.2) is 9.59 Å². The largest absolute Gasteiger partial charge is 0.465 e. The fourth-order valence-corrected chi connectivity index (χ4v) is 4.69. The molecule has 0 saturated heterocycles. The Hall–Kier alpha value is -3.44. The average Bonchev–Trinajstić information content (AvgIpc) is 2.81. The quantitative estimate of drug-likeness (QED) is 0.378. The van der Waals surface area contributed by atoms with Crippen molar-refractivity contribution in [2.75, 3.05) is 11.5 Å². The van der Waals surface area contributed by atoms with Gasteiger partial charge in [-0.2, -0.15) is 26.3 Å². The lowest BCUT2D eigenvalue weighted by Crippen LogP contribution is -2.46. The molecule has 208 valence electrons. The number of fused-ring (bicyclic) bond motifs is 1. The van der Waals surface area contributed by atoms with Crippen molar-refractivity contribution in [3.8, 4) is 0 Å². The molecule has 0 saturated carbocycles. The third-order valence-electron chi connectivity index (χ3n) is 6.53. The van der Waals surface area contributed by atoms with Crippen molar-refractivity contribution in [3.05, 3.63) is 63.7 Å². The van der Waals surface area contributed by atoms with Crippen LogP contribution in [0.4, 0.5) is 41.6 Å². The highest BCUT2D eigenvalue weighted by atomic mass is 19.4. The molecule has 0 fully saturated rings. The molecule has 1 aliphatic heterocycles. The van der Waals surface area contributed by atoms with E-state index < -0.39 is 54.4 Å². The van der Waals surface area contributed by atoms with Crippen molar-refractivity contribution in [3.63, 3.8) is 0 Å². The molecule has 0 aliphatic carbocycles. The zero-order valence-electron chi connectivity index (χ0n) is 21.0. The van der Waals surface area contributed by atoms with Crippen LogP contribution in [0.3, 0.4) is 0 Å². The first-order valence-electron chi connectivity index (χ1n) is 12.0. The van der Waals surface area contributed by atoms with Crippen molar-refractivity contribution < 1.29 is 45.8 Å². The summed E-state index contributed by atoms with van der Waals surface area (Å²) >= 11 is 0. The number of amides is 2. The first-order valence-corrected chi connectivity index (χ1v) is 12.0. The Kier molecular flexibility index (Phi) is 8.52. The number of ether oxygens (including phenoxy) is 1. The second-order valence-corrected chi connectivity index (χ2v) is 9.12. The van der Waals surface area contributed by atoms with Gasteiger partial charge >= 0.3 is 24.5 Å². The first-order chi connectivity index (χ1) is 17.6. The number of alkyl carbamates (subject to hydrolysis) is 1. The molecular weight excluding hydrogens is 518 g/mol. The molecule has 2 amide bonds. The van der Waals surface area contributed by atoms with E-state index in [1.165, 1.54) is 4.90 Å². The van der Waals surface area contributed by atoms with E-state index in [4.69, 9.17) is 4.74 Å². The molecule has 1 heterocycles. The van der Waals surface area contributed by atoms with Crippen LogP contribution >= 0.6 is 0 Å². The molecule has 6 nitrogen and oxygen atoms in total. The number of carbonyl (C=O) groups excluding carboxylic acids is 1. The molecule has 2 atom stereocenters. The maximum atomic E-state index is 13.1. The highest BCUT2D eigenvalue weighted by Gasteiger charge is 2.37. The van der Waals surface area contributed by atoms with Gasteiger partial charge in [-0.15, -0.1) is 0 Å². The molecule has 2 N–H and O–H groups in total. The number of carboxylic acid groups (broad SMARTS) is 1. The molecule has 0 bridgehead atoms. The minimum absolute atomic E-state index is 0.0354. The molecule has 2 aromatic carbocycles. The summed E-state index contributed by atoms with van der Waals surface area (Å²) in [6.07, 6.45) is -10.8. The number of halogens is 6. The lowest BCUT2D eigenvalue weighted by Gasteiger charge is -2.38. The van der Waals surface area contributed by atoms with E-state index in [-0.39, 0.29) is 24.5 Å². The summed E-state index contributed by atoms with van der Waals surface area (Å²) in [7, 11) is 0. The fraction of sp³-hybridized carbons (Fsp3) is 0.462. The topological polar surface area (TPSA) is 78.9 Å². The Morgan fingerprint density at radius 3 is 2.03 bits per heavy atom. The number of rotatable bonds is 6. The van der Waals surface area contributed by atoms with Crippen LogP contribution in [0.5, 0.6) is 0 Å². The Morgan fingerprint density at radius 2 is 1.53 bits per heavy atom. The van der Waals surface area contributed by atoms with Gasteiger partial charge in [0.05, 0.1) is 29.5 Å². The van der Waals surface area contributed by atoms with Gasteiger partial charge in [-0.1, -0.05) is 19.9 Å². The molecule has 0 radical (unpaired) electrons. The predicted molar refractivity (Wildman–Crippen MR) is 127 cm³/mol. The number of hydrogen-bond acceptors (Lipinski definition) is 3. The van der Waals surface area contributed by atoms with E-state index in [1.54, 1.807) is 13.0 Å². The molecule has 3 rings (SSSR count). The van der Waals surface area contributed by atoms with E-state index in [1.807, 2.05) is 19.9 Å². The Morgan fingerprint density at radius 1 is 0.974 bits per heavy atom. The number of aryl methyl sites for hydroxylation is 2. The van der Waals surface area contributed by atoms with Crippen LogP contribution in [0.2, 0.25) is 0 Å². The number of hydrogen-bond donors (Lipinski definition) is 2. The maximum Gasteiger partial charge on any atom is 0.416 e. The van der Waals surface area contributed by atoms with Crippen molar-refractivity contribution in [1.82, 2.24) is 5.32 Å².